The van der Waals surface area contributed by atoms with Crippen molar-refractivity contribution < 1.29 is 4.57 Å². The molecule has 6 aromatic rings. The quantitative estimate of drug-likeness (QED) is 0.250. The molecule has 0 spiro atoms. The van der Waals surface area contributed by atoms with E-state index < -0.39 is 7.14 Å². The molecule has 0 aliphatic heterocycles. The van der Waals surface area contributed by atoms with Crippen molar-refractivity contribution in [3.05, 3.63) is 91.0 Å². The maximum Gasteiger partial charge on any atom is 0.109 e. The Bertz CT molecular complexity index is 1690. The molecule has 0 saturated heterocycles. The van der Waals surface area contributed by atoms with Crippen molar-refractivity contribution in [2.24, 2.45) is 0 Å². The summed E-state index contributed by atoms with van der Waals surface area (Å²) in [5.41, 5.74) is 2.35. The summed E-state index contributed by atoms with van der Waals surface area (Å²) in [6.07, 6.45) is 0. The zero-order valence-corrected chi connectivity index (χ0v) is 19.1. The van der Waals surface area contributed by atoms with E-state index in [4.69, 9.17) is 0 Å². The summed E-state index contributed by atoms with van der Waals surface area (Å²) in [4.78, 5) is 0. The Kier molecular flexibility index (Phi) is 4.12. The Morgan fingerprint density at radius 3 is 2.16 bits per heavy atom. The van der Waals surface area contributed by atoms with Crippen LogP contribution in [0.15, 0.2) is 91.0 Å². The number of hydrogen-bond acceptors (Lipinski definition) is 2. The van der Waals surface area contributed by atoms with Gasteiger partial charge in [-0.05, 0) is 58.6 Å². The van der Waals surface area contributed by atoms with Gasteiger partial charge in [0.25, 0.3) is 0 Å². The van der Waals surface area contributed by atoms with Crippen molar-refractivity contribution in [3.63, 3.8) is 0 Å². The second-order valence-corrected chi connectivity index (χ2v) is 12.8. The maximum absolute atomic E-state index is 12.8. The molecule has 3 heteroatoms. The van der Waals surface area contributed by atoms with E-state index in [-0.39, 0.29) is 0 Å². The van der Waals surface area contributed by atoms with E-state index in [9.17, 15) is 4.57 Å². The number of benzene rings is 5. The fourth-order valence-corrected chi connectivity index (χ4v) is 6.78. The normalized spacial score (nSPS) is 12.3. The third-order valence-electron chi connectivity index (χ3n) is 6.13. The summed E-state index contributed by atoms with van der Waals surface area (Å²) in [6, 6.07) is 32.4. The monoisotopic (exact) mass is 436 g/mol. The van der Waals surface area contributed by atoms with Crippen molar-refractivity contribution >= 4 is 65.5 Å². The molecule has 0 aliphatic carbocycles. The molecule has 1 nitrogen and oxygen atoms in total. The number of thiophene rings is 1. The van der Waals surface area contributed by atoms with Crippen LogP contribution in [0.2, 0.25) is 0 Å². The van der Waals surface area contributed by atoms with Gasteiger partial charge in [0.05, 0.1) is 0 Å². The van der Waals surface area contributed by atoms with E-state index in [1.807, 2.05) is 36.8 Å². The SMILES string of the molecule is CP(C)(=O)c1cccc(-c2cc3ccccc3c3c2sc2ccc4ccccc4c23)c1. The average molecular weight is 437 g/mol. The Balaban J connectivity index is 1.82. The Morgan fingerprint density at radius 1 is 0.677 bits per heavy atom. The van der Waals surface area contributed by atoms with Gasteiger partial charge >= 0.3 is 0 Å². The van der Waals surface area contributed by atoms with E-state index in [0.717, 1.165) is 10.9 Å². The van der Waals surface area contributed by atoms with Gasteiger partial charge in [0, 0.05) is 31.0 Å². The fourth-order valence-electron chi connectivity index (χ4n) is 4.61. The van der Waals surface area contributed by atoms with E-state index in [1.165, 1.54) is 47.3 Å². The minimum Gasteiger partial charge on any atom is -0.319 e. The van der Waals surface area contributed by atoms with Gasteiger partial charge in [-0.2, -0.15) is 0 Å². The van der Waals surface area contributed by atoms with Crippen LogP contribution in [0.25, 0.3) is 52.8 Å². The molecule has 0 radical (unpaired) electrons. The van der Waals surface area contributed by atoms with Gasteiger partial charge in [0.1, 0.15) is 7.14 Å². The van der Waals surface area contributed by atoms with Crippen LogP contribution in [0.3, 0.4) is 0 Å². The standard InChI is InChI=1S/C28H21OPS/c1-30(2,29)21-11-7-10-19(16-21)24-17-20-9-4-6-13-23(20)27-26-22-12-5-3-8-18(22)14-15-25(26)31-28(24)27/h3-17H,1-2H3. The van der Waals surface area contributed by atoms with Crippen LogP contribution in [0.4, 0.5) is 0 Å². The van der Waals surface area contributed by atoms with Crippen LogP contribution in [0.1, 0.15) is 0 Å². The molecule has 31 heavy (non-hydrogen) atoms. The minimum absolute atomic E-state index is 0.929. The van der Waals surface area contributed by atoms with Gasteiger partial charge < -0.3 is 4.57 Å². The van der Waals surface area contributed by atoms with Gasteiger partial charge in [-0.15, -0.1) is 11.3 Å². The molecule has 1 aromatic heterocycles. The van der Waals surface area contributed by atoms with Gasteiger partial charge in [-0.3, -0.25) is 0 Å². The molecular weight excluding hydrogens is 415 g/mol. The predicted molar refractivity (Wildman–Crippen MR) is 139 cm³/mol. The molecule has 0 bridgehead atoms. The van der Waals surface area contributed by atoms with Crippen LogP contribution in [0, 0.1) is 0 Å². The van der Waals surface area contributed by atoms with E-state index in [2.05, 4.69) is 78.9 Å². The fraction of sp³-hybridized carbons (Fsp3) is 0.0714. The second kappa shape index (κ2) is 6.79. The molecule has 0 fully saturated rings. The molecule has 0 unspecified atom stereocenters. The smallest absolute Gasteiger partial charge is 0.109 e. The Morgan fingerprint density at radius 2 is 1.39 bits per heavy atom. The van der Waals surface area contributed by atoms with Crippen LogP contribution in [0.5, 0.6) is 0 Å². The van der Waals surface area contributed by atoms with E-state index in [1.54, 1.807) is 0 Å². The lowest BCUT2D eigenvalue weighted by atomic mass is 9.95. The molecule has 0 atom stereocenters. The van der Waals surface area contributed by atoms with Crippen LogP contribution in [-0.4, -0.2) is 13.3 Å². The molecule has 5 aromatic carbocycles. The lowest BCUT2D eigenvalue weighted by Crippen LogP contribution is -2.02. The number of fused-ring (bicyclic) bond motifs is 7. The molecule has 0 N–H and O–H groups in total. The summed E-state index contributed by atoms with van der Waals surface area (Å²) in [7, 11) is -2.33. The lowest BCUT2D eigenvalue weighted by Gasteiger charge is -2.12. The first kappa shape index (κ1) is 18.8. The number of hydrogen-bond donors (Lipinski definition) is 0. The third kappa shape index (κ3) is 2.94. The second-order valence-electron chi connectivity index (χ2n) is 8.51. The Labute approximate surface area is 185 Å². The average Bonchev–Trinajstić information content (AvgIpc) is 3.18. The minimum atomic E-state index is -2.33. The van der Waals surface area contributed by atoms with E-state index in [0.29, 0.717) is 0 Å². The predicted octanol–water partition coefficient (Wildman–Crippen LogP) is 8.28. The first-order valence-electron chi connectivity index (χ1n) is 10.4. The molecule has 6 rings (SSSR count). The summed E-state index contributed by atoms with van der Waals surface area (Å²) in [5.74, 6) is 0. The Hall–Kier alpha value is -2.93. The van der Waals surface area contributed by atoms with Crippen molar-refractivity contribution in [1.29, 1.82) is 0 Å². The zero-order valence-electron chi connectivity index (χ0n) is 17.4. The summed E-state index contributed by atoms with van der Waals surface area (Å²) in [5, 5.41) is 8.68. The highest BCUT2D eigenvalue weighted by Gasteiger charge is 2.18. The van der Waals surface area contributed by atoms with Crippen molar-refractivity contribution in [2.45, 2.75) is 0 Å². The van der Waals surface area contributed by atoms with Gasteiger partial charge in [-0.25, -0.2) is 0 Å². The largest absolute Gasteiger partial charge is 0.319 e. The van der Waals surface area contributed by atoms with Crippen molar-refractivity contribution in [2.75, 3.05) is 13.3 Å². The van der Waals surface area contributed by atoms with Crippen molar-refractivity contribution in [3.8, 4) is 11.1 Å². The summed E-state index contributed by atoms with van der Waals surface area (Å²) >= 11 is 1.86. The molecule has 0 aliphatic rings. The highest BCUT2D eigenvalue weighted by molar-refractivity contribution is 7.70. The van der Waals surface area contributed by atoms with Gasteiger partial charge in [-0.1, -0.05) is 72.8 Å². The molecule has 150 valence electrons. The maximum atomic E-state index is 12.8. The highest BCUT2D eigenvalue weighted by atomic mass is 32.1. The topological polar surface area (TPSA) is 17.1 Å². The van der Waals surface area contributed by atoms with Crippen molar-refractivity contribution in [1.82, 2.24) is 0 Å². The first-order valence-corrected chi connectivity index (χ1v) is 13.8. The van der Waals surface area contributed by atoms with E-state index >= 15 is 0 Å². The molecule has 0 amide bonds. The van der Waals surface area contributed by atoms with Crippen LogP contribution < -0.4 is 5.30 Å². The van der Waals surface area contributed by atoms with Gasteiger partial charge in [0.2, 0.25) is 0 Å². The first-order chi connectivity index (χ1) is 15.0. The lowest BCUT2D eigenvalue weighted by molar-refractivity contribution is 0.588. The molecule has 1 heterocycles. The number of rotatable bonds is 2. The summed E-state index contributed by atoms with van der Waals surface area (Å²) < 4.78 is 15.4. The van der Waals surface area contributed by atoms with Gasteiger partial charge in [0.15, 0.2) is 0 Å². The molecule has 0 saturated carbocycles. The molecular formula is C28H21OPS. The van der Waals surface area contributed by atoms with Crippen LogP contribution >= 0.6 is 18.5 Å². The summed E-state index contributed by atoms with van der Waals surface area (Å²) in [6.45, 7) is 3.68. The zero-order chi connectivity index (χ0) is 21.2. The van der Waals surface area contributed by atoms with Crippen LogP contribution in [-0.2, 0) is 4.57 Å². The third-order valence-corrected chi connectivity index (χ3v) is 8.84. The highest BCUT2D eigenvalue weighted by Crippen LogP contribution is 2.46.